The van der Waals surface area contributed by atoms with E-state index >= 15 is 0 Å². The molecule has 2 saturated heterocycles. The number of piperazine rings is 1. The van der Waals surface area contributed by atoms with Gasteiger partial charge >= 0.3 is 0 Å². The molecule has 3 rings (SSSR count). The van der Waals surface area contributed by atoms with Crippen LogP contribution in [-0.2, 0) is 0 Å². The fraction of sp³-hybridized carbons (Fsp3) is 0.800. The Bertz CT molecular complexity index is 416. The molecule has 5 nitrogen and oxygen atoms in total. The Kier molecular flexibility index (Phi) is 5.66. The highest BCUT2D eigenvalue weighted by Crippen LogP contribution is 2.29. The van der Waals surface area contributed by atoms with Gasteiger partial charge in [0.05, 0.1) is 6.04 Å². The van der Waals surface area contributed by atoms with Gasteiger partial charge in [0.25, 0.3) is 0 Å². The minimum atomic E-state index is 0. The molecule has 2 N–H and O–H groups in total. The number of hydrogen-bond donors (Lipinski definition) is 2. The van der Waals surface area contributed by atoms with E-state index in [-0.39, 0.29) is 12.4 Å². The van der Waals surface area contributed by atoms with Gasteiger partial charge < -0.3 is 10.3 Å². The third-order valence-electron chi connectivity index (χ3n) is 4.88. The molecule has 0 aliphatic carbocycles. The van der Waals surface area contributed by atoms with Crippen LogP contribution in [0.1, 0.15) is 32.1 Å². The summed E-state index contributed by atoms with van der Waals surface area (Å²) >= 11 is 0. The largest absolute Gasteiger partial charge is 0.347 e. The smallest absolute Gasteiger partial charge is 0.124 e. The zero-order valence-electron chi connectivity index (χ0n) is 13.1. The summed E-state index contributed by atoms with van der Waals surface area (Å²) in [4.78, 5) is 13.0. The van der Waals surface area contributed by atoms with Gasteiger partial charge in [-0.05, 0) is 24.9 Å². The molecule has 6 heteroatoms. The van der Waals surface area contributed by atoms with Crippen molar-refractivity contribution in [3.63, 3.8) is 0 Å². The third-order valence-corrected chi connectivity index (χ3v) is 4.88. The Morgan fingerprint density at radius 2 is 2.29 bits per heavy atom. The van der Waals surface area contributed by atoms with Gasteiger partial charge in [-0.2, -0.15) is 0 Å². The van der Waals surface area contributed by atoms with E-state index in [0.29, 0.717) is 11.5 Å². The van der Waals surface area contributed by atoms with Gasteiger partial charge in [0.1, 0.15) is 5.82 Å². The zero-order chi connectivity index (χ0) is 14.0. The van der Waals surface area contributed by atoms with Gasteiger partial charge in [-0.15, -0.1) is 12.4 Å². The van der Waals surface area contributed by atoms with Gasteiger partial charge in [-0.25, -0.2) is 4.98 Å². The lowest BCUT2D eigenvalue weighted by molar-refractivity contribution is 0.0511. The van der Waals surface area contributed by atoms with Crippen LogP contribution in [0.4, 0.5) is 0 Å². The first-order valence-corrected chi connectivity index (χ1v) is 7.86. The van der Waals surface area contributed by atoms with Crippen LogP contribution in [0, 0.1) is 5.41 Å². The molecule has 0 bridgehead atoms. The summed E-state index contributed by atoms with van der Waals surface area (Å²) in [7, 11) is 0. The molecule has 2 aliphatic rings. The zero-order valence-corrected chi connectivity index (χ0v) is 14.0. The lowest BCUT2D eigenvalue weighted by Gasteiger charge is -2.42. The Balaban J connectivity index is 0.00000161. The van der Waals surface area contributed by atoms with E-state index in [0.717, 1.165) is 32.0 Å². The lowest BCUT2D eigenvalue weighted by Crippen LogP contribution is -2.51. The predicted octanol–water partition coefficient (Wildman–Crippen LogP) is 1.51. The highest BCUT2D eigenvalue weighted by atomic mass is 35.5. The van der Waals surface area contributed by atoms with Crippen LogP contribution in [-0.4, -0.2) is 65.6 Å². The standard InChI is InChI=1S/C15H27N5.ClH/c1-3-20-9-8-19(12-15(2)4-5-16-11-15)10-13(20)14-17-6-7-18-14;/h6-7,13,16H,3-5,8-12H2,1-2H3,(H,17,18);1H. The second-order valence-electron chi connectivity index (χ2n) is 6.59. The number of H-pyrrole nitrogens is 1. The number of nitrogens with zero attached hydrogens (tertiary/aromatic N) is 3. The maximum absolute atomic E-state index is 4.49. The molecule has 0 saturated carbocycles. The van der Waals surface area contributed by atoms with Crippen molar-refractivity contribution in [2.45, 2.75) is 26.3 Å². The van der Waals surface area contributed by atoms with Gasteiger partial charge in [-0.3, -0.25) is 9.80 Å². The molecule has 1 aromatic rings. The van der Waals surface area contributed by atoms with E-state index in [1.807, 2.05) is 12.4 Å². The van der Waals surface area contributed by atoms with Crippen molar-refractivity contribution in [2.75, 3.05) is 45.8 Å². The van der Waals surface area contributed by atoms with Crippen LogP contribution in [0.25, 0.3) is 0 Å². The molecular formula is C15H28ClN5. The van der Waals surface area contributed by atoms with E-state index in [1.165, 1.54) is 26.1 Å². The van der Waals surface area contributed by atoms with Gasteiger partial charge in [0.15, 0.2) is 0 Å². The summed E-state index contributed by atoms with van der Waals surface area (Å²) in [6, 6.07) is 0.418. The van der Waals surface area contributed by atoms with Gasteiger partial charge in [0, 0.05) is 45.1 Å². The number of rotatable bonds is 4. The molecule has 120 valence electrons. The van der Waals surface area contributed by atoms with Gasteiger partial charge in [-0.1, -0.05) is 13.8 Å². The molecule has 3 heterocycles. The summed E-state index contributed by atoms with van der Waals surface area (Å²) in [5.41, 5.74) is 0.447. The number of nitrogens with one attached hydrogen (secondary N) is 2. The second-order valence-corrected chi connectivity index (χ2v) is 6.59. The SMILES string of the molecule is CCN1CCN(CC2(C)CCNC2)CC1c1ncc[nH]1.Cl. The minimum Gasteiger partial charge on any atom is -0.347 e. The van der Waals surface area contributed by atoms with Crippen molar-refractivity contribution >= 4 is 12.4 Å². The monoisotopic (exact) mass is 313 g/mol. The average molecular weight is 314 g/mol. The summed E-state index contributed by atoms with van der Waals surface area (Å²) < 4.78 is 0. The quantitative estimate of drug-likeness (QED) is 0.884. The Labute approximate surface area is 133 Å². The second kappa shape index (κ2) is 7.09. The van der Waals surface area contributed by atoms with Crippen LogP contribution >= 0.6 is 12.4 Å². The van der Waals surface area contributed by atoms with Crippen LogP contribution in [0.3, 0.4) is 0 Å². The molecular weight excluding hydrogens is 286 g/mol. The maximum atomic E-state index is 4.49. The van der Waals surface area contributed by atoms with Crippen LogP contribution in [0.15, 0.2) is 12.4 Å². The van der Waals surface area contributed by atoms with E-state index < -0.39 is 0 Å². The molecule has 1 aromatic heterocycles. The molecule has 2 unspecified atom stereocenters. The fourth-order valence-electron chi connectivity index (χ4n) is 3.66. The summed E-state index contributed by atoms with van der Waals surface area (Å²) in [5, 5.41) is 3.51. The van der Waals surface area contributed by atoms with Crippen molar-refractivity contribution in [1.29, 1.82) is 0 Å². The Morgan fingerprint density at radius 3 is 2.90 bits per heavy atom. The number of likely N-dealkylation sites (N-methyl/N-ethyl adjacent to an activating group) is 1. The summed E-state index contributed by atoms with van der Waals surface area (Å²) in [6.45, 7) is 12.7. The number of aromatic amines is 1. The minimum absolute atomic E-state index is 0. The average Bonchev–Trinajstić information content (AvgIpc) is 3.10. The topological polar surface area (TPSA) is 47.2 Å². The van der Waals surface area contributed by atoms with Crippen LogP contribution < -0.4 is 5.32 Å². The molecule has 21 heavy (non-hydrogen) atoms. The van der Waals surface area contributed by atoms with Crippen molar-refractivity contribution in [3.8, 4) is 0 Å². The molecule has 0 amide bonds. The number of imidazole rings is 1. The summed E-state index contributed by atoms with van der Waals surface area (Å²) in [6.07, 6.45) is 5.10. The van der Waals surface area contributed by atoms with Crippen LogP contribution in [0.5, 0.6) is 0 Å². The van der Waals surface area contributed by atoms with Gasteiger partial charge in [0.2, 0.25) is 0 Å². The maximum Gasteiger partial charge on any atom is 0.124 e. The third kappa shape index (κ3) is 3.77. The van der Waals surface area contributed by atoms with E-state index in [9.17, 15) is 0 Å². The van der Waals surface area contributed by atoms with E-state index in [4.69, 9.17) is 0 Å². The van der Waals surface area contributed by atoms with E-state index in [2.05, 4.69) is 38.9 Å². The first-order chi connectivity index (χ1) is 9.70. The highest BCUT2D eigenvalue weighted by Gasteiger charge is 2.35. The molecule has 2 aliphatic heterocycles. The normalized spacial score (nSPS) is 31.2. The van der Waals surface area contributed by atoms with Crippen molar-refractivity contribution in [3.05, 3.63) is 18.2 Å². The lowest BCUT2D eigenvalue weighted by atomic mass is 9.88. The van der Waals surface area contributed by atoms with Crippen molar-refractivity contribution in [2.24, 2.45) is 5.41 Å². The molecule has 2 fully saturated rings. The highest BCUT2D eigenvalue weighted by molar-refractivity contribution is 5.85. The molecule has 0 radical (unpaired) electrons. The molecule has 0 aromatic carbocycles. The number of hydrogen-bond acceptors (Lipinski definition) is 4. The Morgan fingerprint density at radius 1 is 1.43 bits per heavy atom. The number of aromatic nitrogens is 2. The number of halogens is 1. The van der Waals surface area contributed by atoms with E-state index in [1.54, 1.807) is 0 Å². The van der Waals surface area contributed by atoms with Crippen molar-refractivity contribution < 1.29 is 0 Å². The molecule has 2 atom stereocenters. The fourth-order valence-corrected chi connectivity index (χ4v) is 3.66. The molecule has 0 spiro atoms. The Hall–Kier alpha value is -0.620. The van der Waals surface area contributed by atoms with Crippen molar-refractivity contribution in [1.82, 2.24) is 25.1 Å². The first-order valence-electron chi connectivity index (χ1n) is 7.86. The summed E-state index contributed by atoms with van der Waals surface area (Å²) in [5.74, 6) is 1.12. The predicted molar refractivity (Wildman–Crippen MR) is 87.9 cm³/mol. The first kappa shape index (κ1) is 16.7. The van der Waals surface area contributed by atoms with Crippen LogP contribution in [0.2, 0.25) is 0 Å².